The Morgan fingerprint density at radius 3 is 2.53 bits per heavy atom. The molecule has 10 heteroatoms. The molecule has 0 unspecified atom stereocenters. The highest BCUT2D eigenvalue weighted by Crippen LogP contribution is 2.36. The Bertz CT molecular complexity index is 791. The molecule has 1 saturated carbocycles. The van der Waals surface area contributed by atoms with Gasteiger partial charge in [0.05, 0.1) is 25.9 Å². The summed E-state index contributed by atoms with van der Waals surface area (Å²) in [7, 11) is 3.26. The standard InChI is InChI=1S/C20H29F2N5O3/c1-12(2)7-14(19(29)26(3)4)24-17(28)15-8-23-16(27-10-20(21,22)11-27)18(25-15)30-9-13-5-6-13/h8,12-14H,5-7,9-11H2,1-4H3,(H,24,28)/t14-/m0/s1. The summed E-state index contributed by atoms with van der Waals surface area (Å²) in [5, 5.41) is 2.72. The maximum atomic E-state index is 13.3. The van der Waals surface area contributed by atoms with Gasteiger partial charge in [0.15, 0.2) is 11.5 Å². The summed E-state index contributed by atoms with van der Waals surface area (Å²) in [6.07, 6.45) is 3.81. The van der Waals surface area contributed by atoms with Gasteiger partial charge in [-0.15, -0.1) is 0 Å². The molecule has 2 aliphatic rings. The molecule has 166 valence electrons. The van der Waals surface area contributed by atoms with Crippen molar-refractivity contribution in [3.8, 4) is 5.88 Å². The molecule has 1 N–H and O–H groups in total. The quantitative estimate of drug-likeness (QED) is 0.651. The average molecular weight is 425 g/mol. The van der Waals surface area contributed by atoms with Gasteiger partial charge in [-0.2, -0.15) is 0 Å². The van der Waals surface area contributed by atoms with E-state index in [-0.39, 0.29) is 29.2 Å². The molecule has 8 nitrogen and oxygen atoms in total. The normalized spacial score (nSPS) is 18.6. The van der Waals surface area contributed by atoms with Gasteiger partial charge in [-0.25, -0.2) is 18.7 Å². The molecule has 1 aliphatic heterocycles. The third kappa shape index (κ3) is 5.54. The molecule has 0 radical (unpaired) electrons. The van der Waals surface area contributed by atoms with Crippen molar-refractivity contribution in [3.05, 3.63) is 11.9 Å². The van der Waals surface area contributed by atoms with Gasteiger partial charge in [0.1, 0.15) is 6.04 Å². The van der Waals surface area contributed by atoms with Gasteiger partial charge in [0.2, 0.25) is 5.91 Å². The highest BCUT2D eigenvalue weighted by molar-refractivity contribution is 5.96. The molecule has 1 atom stereocenters. The molecular formula is C20H29F2N5O3. The van der Waals surface area contributed by atoms with Crippen molar-refractivity contribution >= 4 is 17.6 Å². The van der Waals surface area contributed by atoms with E-state index in [2.05, 4.69) is 15.3 Å². The number of likely N-dealkylation sites (N-methyl/N-ethyl adjacent to an activating group) is 1. The fraction of sp³-hybridized carbons (Fsp3) is 0.700. The number of ether oxygens (including phenoxy) is 1. The van der Waals surface area contributed by atoms with Crippen LogP contribution in [0, 0.1) is 11.8 Å². The van der Waals surface area contributed by atoms with Crippen LogP contribution in [0.2, 0.25) is 0 Å². The number of anilines is 1. The van der Waals surface area contributed by atoms with E-state index in [9.17, 15) is 18.4 Å². The van der Waals surface area contributed by atoms with E-state index in [0.717, 1.165) is 12.8 Å². The lowest BCUT2D eigenvalue weighted by Gasteiger charge is -2.39. The van der Waals surface area contributed by atoms with E-state index in [1.165, 1.54) is 16.0 Å². The Morgan fingerprint density at radius 1 is 1.33 bits per heavy atom. The van der Waals surface area contributed by atoms with Crippen LogP contribution in [-0.4, -0.2) is 72.4 Å². The minimum atomic E-state index is -2.76. The summed E-state index contributed by atoms with van der Waals surface area (Å²) in [6, 6.07) is -0.695. The Morgan fingerprint density at radius 2 is 2.00 bits per heavy atom. The minimum absolute atomic E-state index is 0.0165. The van der Waals surface area contributed by atoms with Crippen molar-refractivity contribution in [1.29, 1.82) is 0 Å². The van der Waals surface area contributed by atoms with Crippen molar-refractivity contribution in [2.75, 3.05) is 38.7 Å². The van der Waals surface area contributed by atoms with Crippen LogP contribution < -0.4 is 15.0 Å². The maximum Gasteiger partial charge on any atom is 0.282 e. The number of rotatable bonds is 9. The van der Waals surface area contributed by atoms with E-state index in [1.54, 1.807) is 14.1 Å². The topological polar surface area (TPSA) is 87.7 Å². The number of hydrogen-bond acceptors (Lipinski definition) is 6. The summed E-state index contributed by atoms with van der Waals surface area (Å²) >= 11 is 0. The fourth-order valence-corrected chi connectivity index (χ4v) is 3.17. The molecule has 1 aromatic rings. The molecule has 1 aliphatic carbocycles. The lowest BCUT2D eigenvalue weighted by atomic mass is 10.0. The SMILES string of the molecule is CC(C)C[C@H](NC(=O)c1cnc(N2CC(F)(F)C2)c(OCC2CC2)n1)C(=O)N(C)C. The van der Waals surface area contributed by atoms with Crippen LogP contribution in [0.1, 0.15) is 43.6 Å². The van der Waals surface area contributed by atoms with E-state index in [1.807, 2.05) is 13.8 Å². The van der Waals surface area contributed by atoms with Crippen molar-refractivity contribution in [2.24, 2.45) is 11.8 Å². The summed E-state index contributed by atoms with van der Waals surface area (Å²) in [5.74, 6) is -2.64. The number of alkyl halides is 2. The third-order valence-electron chi connectivity index (χ3n) is 5.00. The number of halogens is 2. The van der Waals surface area contributed by atoms with Crippen molar-refractivity contribution in [1.82, 2.24) is 20.2 Å². The molecule has 0 bridgehead atoms. The van der Waals surface area contributed by atoms with Crippen molar-refractivity contribution in [2.45, 2.75) is 45.1 Å². The Hall–Kier alpha value is -2.52. The Labute approximate surface area is 175 Å². The van der Waals surface area contributed by atoms with Crippen LogP contribution in [0.25, 0.3) is 0 Å². The van der Waals surface area contributed by atoms with E-state index in [4.69, 9.17) is 4.74 Å². The van der Waals surface area contributed by atoms with Gasteiger partial charge >= 0.3 is 0 Å². The number of nitrogens with zero attached hydrogens (tertiary/aromatic N) is 4. The summed E-state index contributed by atoms with van der Waals surface area (Å²) in [5.41, 5.74) is -0.0165. The van der Waals surface area contributed by atoms with E-state index in [0.29, 0.717) is 18.9 Å². The number of amides is 2. The number of carbonyl (C=O) groups excluding carboxylic acids is 2. The second kappa shape index (κ2) is 8.69. The summed E-state index contributed by atoms with van der Waals surface area (Å²) < 4.78 is 32.3. The summed E-state index contributed by atoms with van der Waals surface area (Å²) in [4.78, 5) is 36.4. The highest BCUT2D eigenvalue weighted by Gasteiger charge is 2.46. The smallest absolute Gasteiger partial charge is 0.282 e. The molecule has 1 aromatic heterocycles. The molecule has 0 spiro atoms. The Kier molecular flexibility index (Phi) is 6.42. The highest BCUT2D eigenvalue weighted by atomic mass is 19.3. The third-order valence-corrected chi connectivity index (χ3v) is 5.00. The molecular weight excluding hydrogens is 396 g/mol. The number of hydrogen-bond donors (Lipinski definition) is 1. The minimum Gasteiger partial charge on any atom is -0.475 e. The molecule has 2 heterocycles. The first-order chi connectivity index (χ1) is 14.1. The fourth-order valence-electron chi connectivity index (χ4n) is 3.17. The zero-order chi connectivity index (χ0) is 22.1. The lowest BCUT2D eigenvalue weighted by Crippen LogP contribution is -2.56. The largest absolute Gasteiger partial charge is 0.475 e. The predicted octanol–water partition coefficient (Wildman–Crippen LogP) is 1.95. The van der Waals surface area contributed by atoms with Gasteiger partial charge in [-0.3, -0.25) is 9.59 Å². The van der Waals surface area contributed by atoms with Crippen molar-refractivity contribution in [3.63, 3.8) is 0 Å². The Balaban J connectivity index is 1.77. The molecule has 3 rings (SSSR count). The first kappa shape index (κ1) is 22.2. The second-order valence-corrected chi connectivity index (χ2v) is 8.74. The predicted molar refractivity (Wildman–Crippen MR) is 107 cm³/mol. The van der Waals surface area contributed by atoms with Gasteiger partial charge in [-0.05, 0) is 31.1 Å². The monoisotopic (exact) mass is 425 g/mol. The van der Waals surface area contributed by atoms with E-state index < -0.39 is 31.0 Å². The van der Waals surface area contributed by atoms with E-state index >= 15 is 0 Å². The van der Waals surface area contributed by atoms with Crippen LogP contribution in [-0.2, 0) is 4.79 Å². The van der Waals surface area contributed by atoms with Crippen LogP contribution in [0.15, 0.2) is 6.20 Å². The van der Waals surface area contributed by atoms with Crippen LogP contribution >= 0.6 is 0 Å². The van der Waals surface area contributed by atoms with Gasteiger partial charge < -0.3 is 19.9 Å². The molecule has 0 aromatic carbocycles. The van der Waals surface area contributed by atoms with Crippen molar-refractivity contribution < 1.29 is 23.1 Å². The van der Waals surface area contributed by atoms with Gasteiger partial charge in [0.25, 0.3) is 17.7 Å². The van der Waals surface area contributed by atoms with Gasteiger partial charge in [-0.1, -0.05) is 13.8 Å². The summed E-state index contributed by atoms with van der Waals surface area (Å²) in [6.45, 7) is 3.42. The molecule has 1 saturated heterocycles. The zero-order valence-electron chi connectivity index (χ0n) is 17.8. The first-order valence-electron chi connectivity index (χ1n) is 10.2. The lowest BCUT2D eigenvalue weighted by molar-refractivity contribution is -0.131. The van der Waals surface area contributed by atoms with Gasteiger partial charge in [0, 0.05) is 14.1 Å². The average Bonchev–Trinajstić information content (AvgIpc) is 3.47. The zero-order valence-corrected chi connectivity index (χ0v) is 17.8. The number of carbonyl (C=O) groups is 2. The second-order valence-electron chi connectivity index (χ2n) is 8.74. The number of aromatic nitrogens is 2. The van der Waals surface area contributed by atoms with Crippen LogP contribution in [0.3, 0.4) is 0 Å². The molecule has 2 fully saturated rings. The molecule has 2 amide bonds. The number of nitrogens with one attached hydrogen (secondary N) is 1. The first-order valence-corrected chi connectivity index (χ1v) is 10.2. The van der Waals surface area contributed by atoms with Crippen LogP contribution in [0.4, 0.5) is 14.6 Å². The molecule has 30 heavy (non-hydrogen) atoms. The van der Waals surface area contributed by atoms with Crippen LogP contribution in [0.5, 0.6) is 5.88 Å². The maximum absolute atomic E-state index is 13.3.